The van der Waals surface area contributed by atoms with Crippen LogP contribution in [0, 0.1) is 6.92 Å². The molecule has 0 fully saturated rings. The van der Waals surface area contributed by atoms with Crippen molar-refractivity contribution in [2.45, 2.75) is 11.8 Å². The lowest BCUT2D eigenvalue weighted by molar-refractivity contribution is -0.0210. The Morgan fingerprint density at radius 3 is 1.77 bits per heavy atom. The Hall–Kier alpha value is -4.54. The van der Waals surface area contributed by atoms with Crippen LogP contribution < -0.4 is 33.3 Å². The molecule has 260 valence electrons. The van der Waals surface area contributed by atoms with Crippen LogP contribution in [0.25, 0.3) is 22.3 Å². The number of hydrogen-bond acceptors (Lipinski definition) is 14. The van der Waals surface area contributed by atoms with Gasteiger partial charge in [0.25, 0.3) is 0 Å². The minimum Gasteiger partial charge on any atom is -0.497 e. The van der Waals surface area contributed by atoms with Gasteiger partial charge >= 0.3 is 10.1 Å². The molecule has 4 rings (SSSR count). The summed E-state index contributed by atoms with van der Waals surface area (Å²) in [4.78, 5) is 14.4. The Bertz CT molecular complexity index is 1820. The van der Waals surface area contributed by atoms with E-state index in [4.69, 9.17) is 51.2 Å². The van der Waals surface area contributed by atoms with Crippen LogP contribution in [0.1, 0.15) is 5.56 Å². The van der Waals surface area contributed by atoms with E-state index in [-0.39, 0.29) is 78.0 Å². The maximum atomic E-state index is 14.6. The van der Waals surface area contributed by atoms with Gasteiger partial charge in [-0.05, 0) is 43.3 Å². The molecule has 4 aromatic rings. The second-order valence-corrected chi connectivity index (χ2v) is 11.5. The predicted octanol–water partition coefficient (Wildman–Crippen LogP) is 4.56. The molecule has 0 spiro atoms. The average molecular weight is 691 g/mol. The summed E-state index contributed by atoms with van der Waals surface area (Å²) in [6, 6.07) is 12.3. The first-order valence-corrected chi connectivity index (χ1v) is 15.9. The minimum atomic E-state index is -4.55. The van der Waals surface area contributed by atoms with Crippen LogP contribution in [0.15, 0.2) is 62.6 Å². The van der Waals surface area contributed by atoms with E-state index in [1.807, 2.05) is 6.92 Å². The fraction of sp³-hybridized carbons (Fsp3) is 0.364. The molecular weight excluding hydrogens is 652 g/mol. The molecule has 0 aliphatic carbocycles. The second-order valence-electron chi connectivity index (χ2n) is 9.92. The lowest BCUT2D eigenvalue weighted by Gasteiger charge is -2.21. The topological polar surface area (TPSA) is 157 Å². The van der Waals surface area contributed by atoms with E-state index in [2.05, 4.69) is 0 Å². The summed E-state index contributed by atoms with van der Waals surface area (Å²) in [5.41, 5.74) is 0.0510. The monoisotopic (exact) mass is 690 g/mol. The molecule has 0 saturated heterocycles. The number of aryl methyl sites for hydroxylation is 1. The molecule has 0 aliphatic heterocycles. The first kappa shape index (κ1) is 36.3. The zero-order valence-corrected chi connectivity index (χ0v) is 28.3. The van der Waals surface area contributed by atoms with Crippen LogP contribution >= 0.6 is 0 Å². The van der Waals surface area contributed by atoms with E-state index in [0.29, 0.717) is 17.9 Å². The predicted molar refractivity (Wildman–Crippen MR) is 173 cm³/mol. The molecule has 0 atom stereocenters. The standard InChI is InChI=1S/C33H38O14S/c1-21-7-13-24(14-8-21)48(35,36)47-30-26(34)25-28(44-19-42-17-15-37-2)33(45-20-43-18-16-38-3)32(41-6)31(40-5)29(25)46-27(30)22-9-11-23(39-4)12-10-22/h7-14H,15-20H2,1-6H3. The van der Waals surface area contributed by atoms with Crippen LogP contribution in [-0.2, 0) is 29.1 Å². The van der Waals surface area contributed by atoms with E-state index in [1.165, 1.54) is 47.7 Å². The number of benzene rings is 3. The Morgan fingerprint density at radius 2 is 1.23 bits per heavy atom. The summed E-state index contributed by atoms with van der Waals surface area (Å²) in [5.74, 6) is -0.717. The number of fused-ring (bicyclic) bond motifs is 1. The summed E-state index contributed by atoms with van der Waals surface area (Å²) >= 11 is 0. The van der Waals surface area contributed by atoms with E-state index in [0.717, 1.165) is 5.56 Å². The molecule has 0 amide bonds. The highest BCUT2D eigenvalue weighted by atomic mass is 32.2. The first-order valence-electron chi connectivity index (χ1n) is 14.5. The Kier molecular flexibility index (Phi) is 12.9. The smallest absolute Gasteiger partial charge is 0.339 e. The van der Waals surface area contributed by atoms with Gasteiger partial charge in [-0.15, -0.1) is 0 Å². The lowest BCUT2D eigenvalue weighted by Crippen LogP contribution is -2.19. The highest BCUT2D eigenvalue weighted by Crippen LogP contribution is 2.52. The van der Waals surface area contributed by atoms with Gasteiger partial charge in [0, 0.05) is 19.8 Å². The van der Waals surface area contributed by atoms with Gasteiger partial charge in [0.05, 0.1) is 47.8 Å². The summed E-state index contributed by atoms with van der Waals surface area (Å²) in [7, 11) is 2.67. The fourth-order valence-corrected chi connectivity index (χ4v) is 5.36. The second kappa shape index (κ2) is 17.0. The van der Waals surface area contributed by atoms with Crippen molar-refractivity contribution in [1.82, 2.24) is 0 Å². The van der Waals surface area contributed by atoms with E-state index < -0.39 is 21.3 Å². The van der Waals surface area contributed by atoms with Gasteiger partial charge in [-0.2, -0.15) is 8.42 Å². The van der Waals surface area contributed by atoms with Crippen LogP contribution in [0.2, 0.25) is 0 Å². The fourth-order valence-electron chi connectivity index (χ4n) is 4.42. The number of methoxy groups -OCH3 is 5. The molecule has 1 aromatic heterocycles. The van der Waals surface area contributed by atoms with Gasteiger partial charge < -0.3 is 51.2 Å². The van der Waals surface area contributed by atoms with Gasteiger partial charge in [-0.3, -0.25) is 4.79 Å². The van der Waals surface area contributed by atoms with Gasteiger partial charge in [-0.1, -0.05) is 17.7 Å². The molecule has 0 radical (unpaired) electrons. The van der Waals surface area contributed by atoms with Gasteiger partial charge in [-0.25, -0.2) is 0 Å². The van der Waals surface area contributed by atoms with Crippen molar-refractivity contribution in [2.75, 3.05) is 75.6 Å². The Balaban J connectivity index is 2.02. The third kappa shape index (κ3) is 8.29. The largest absolute Gasteiger partial charge is 0.497 e. The normalized spacial score (nSPS) is 11.4. The van der Waals surface area contributed by atoms with Crippen molar-refractivity contribution in [3.63, 3.8) is 0 Å². The van der Waals surface area contributed by atoms with Crippen LogP contribution in [0.3, 0.4) is 0 Å². The molecule has 0 bridgehead atoms. The molecule has 0 unspecified atom stereocenters. The summed E-state index contributed by atoms with van der Waals surface area (Å²) in [6.45, 7) is 2.06. The maximum absolute atomic E-state index is 14.6. The molecule has 0 saturated carbocycles. The first-order chi connectivity index (χ1) is 23.2. The zero-order valence-electron chi connectivity index (χ0n) is 27.5. The highest BCUT2D eigenvalue weighted by Gasteiger charge is 2.33. The molecule has 15 heteroatoms. The van der Waals surface area contributed by atoms with Crippen molar-refractivity contribution in [3.05, 3.63) is 64.3 Å². The molecule has 48 heavy (non-hydrogen) atoms. The molecular formula is C33H38O14S. The quantitative estimate of drug-likeness (QED) is 0.0766. The molecule has 3 aromatic carbocycles. The third-order valence-electron chi connectivity index (χ3n) is 6.82. The van der Waals surface area contributed by atoms with Crippen molar-refractivity contribution in [2.24, 2.45) is 0 Å². The van der Waals surface area contributed by atoms with Crippen molar-refractivity contribution in [1.29, 1.82) is 0 Å². The van der Waals surface area contributed by atoms with Crippen molar-refractivity contribution in [3.8, 4) is 45.8 Å². The van der Waals surface area contributed by atoms with Crippen molar-refractivity contribution >= 4 is 21.1 Å². The molecule has 0 N–H and O–H groups in total. The highest BCUT2D eigenvalue weighted by molar-refractivity contribution is 7.87. The molecule has 14 nitrogen and oxygen atoms in total. The maximum Gasteiger partial charge on any atom is 0.339 e. The van der Waals surface area contributed by atoms with Crippen LogP contribution in [-0.4, -0.2) is 84.0 Å². The molecule has 1 heterocycles. The lowest BCUT2D eigenvalue weighted by atomic mass is 10.1. The van der Waals surface area contributed by atoms with Crippen molar-refractivity contribution < 1.29 is 59.6 Å². The van der Waals surface area contributed by atoms with E-state index >= 15 is 0 Å². The van der Waals surface area contributed by atoms with Crippen LogP contribution in [0.5, 0.6) is 34.5 Å². The summed E-state index contributed by atoms with van der Waals surface area (Å²) in [5, 5.41) is -0.277. The third-order valence-corrected chi connectivity index (χ3v) is 8.06. The van der Waals surface area contributed by atoms with Gasteiger partial charge in [0.2, 0.25) is 28.4 Å². The Morgan fingerprint density at radius 1 is 0.646 bits per heavy atom. The number of hydrogen-bond donors (Lipinski definition) is 0. The Labute approximate surface area is 278 Å². The van der Waals surface area contributed by atoms with Crippen LogP contribution in [0.4, 0.5) is 0 Å². The van der Waals surface area contributed by atoms with Gasteiger partial charge in [0.15, 0.2) is 30.7 Å². The van der Waals surface area contributed by atoms with E-state index in [9.17, 15) is 13.2 Å². The summed E-state index contributed by atoms with van der Waals surface area (Å²) in [6.07, 6.45) is 0. The zero-order chi connectivity index (χ0) is 34.7. The minimum absolute atomic E-state index is 0.00277. The SMILES string of the molecule is COCCOCOc1c(OC)c(OC)c2oc(-c3ccc(OC)cc3)c(OS(=O)(=O)c3ccc(C)cc3)c(=O)c2c1OCOCCOC. The van der Waals surface area contributed by atoms with E-state index in [1.54, 1.807) is 36.4 Å². The summed E-state index contributed by atoms with van der Waals surface area (Å²) < 4.78 is 88.6. The molecule has 0 aliphatic rings. The average Bonchev–Trinajstić information content (AvgIpc) is 3.09. The number of rotatable bonds is 19. The van der Waals surface area contributed by atoms with Gasteiger partial charge in [0.1, 0.15) is 16.0 Å². The number of ether oxygens (including phenoxy) is 9.